The number of nitrogens with one attached hydrogen (secondary N) is 1. The lowest BCUT2D eigenvalue weighted by Gasteiger charge is -2.34. The summed E-state index contributed by atoms with van der Waals surface area (Å²) in [6.45, 7) is 5.30. The molecule has 4 aromatic rings. The van der Waals surface area contributed by atoms with Gasteiger partial charge in [0.05, 0.1) is 0 Å². The fourth-order valence-corrected chi connectivity index (χ4v) is 6.34. The standard InChI is InChI=1S/C31H34NOP/c1-3-31(4-2,28-20-13-17-25(30(28)33)22-24-14-7-5-8-15-24)34-29-21-12-11-16-26(29)23-32-27-18-9-6-10-19-27/h5-21,32-34H,3-4,22-23H2,1-2H3. The number of aromatic hydroxyl groups is 1. The number of phenols is 1. The largest absolute Gasteiger partial charge is 0.507 e. The number of hydrogen-bond donors (Lipinski definition) is 2. The van der Waals surface area contributed by atoms with Crippen LogP contribution in [-0.2, 0) is 18.1 Å². The van der Waals surface area contributed by atoms with Crippen LogP contribution in [0.5, 0.6) is 5.75 Å². The summed E-state index contributed by atoms with van der Waals surface area (Å²) < 4.78 is 0. The third-order valence-corrected chi connectivity index (χ3v) is 8.94. The highest BCUT2D eigenvalue weighted by molar-refractivity contribution is 7.48. The second kappa shape index (κ2) is 11.4. The van der Waals surface area contributed by atoms with Crippen molar-refractivity contribution in [1.82, 2.24) is 0 Å². The van der Waals surface area contributed by atoms with Gasteiger partial charge in [-0.1, -0.05) is 113 Å². The van der Waals surface area contributed by atoms with E-state index in [1.807, 2.05) is 12.1 Å². The average molecular weight is 468 g/mol. The van der Waals surface area contributed by atoms with E-state index in [1.54, 1.807) is 0 Å². The van der Waals surface area contributed by atoms with Crippen molar-refractivity contribution in [3.05, 3.63) is 125 Å². The zero-order valence-corrected chi connectivity index (χ0v) is 21.1. The molecule has 0 bridgehead atoms. The summed E-state index contributed by atoms with van der Waals surface area (Å²) in [4.78, 5) is 0. The predicted molar refractivity (Wildman–Crippen MR) is 148 cm³/mol. The van der Waals surface area contributed by atoms with Crippen LogP contribution in [0, 0.1) is 0 Å². The van der Waals surface area contributed by atoms with E-state index in [1.165, 1.54) is 16.4 Å². The fraction of sp³-hybridized carbons (Fsp3) is 0.226. The first-order valence-corrected chi connectivity index (χ1v) is 13.2. The van der Waals surface area contributed by atoms with Gasteiger partial charge in [0.25, 0.3) is 0 Å². The molecule has 0 aliphatic carbocycles. The summed E-state index contributed by atoms with van der Waals surface area (Å²) in [7, 11) is 0.570. The maximum absolute atomic E-state index is 11.4. The minimum absolute atomic E-state index is 0.0976. The van der Waals surface area contributed by atoms with Gasteiger partial charge in [0.15, 0.2) is 0 Å². The average Bonchev–Trinajstić information content (AvgIpc) is 2.89. The minimum atomic E-state index is -0.0976. The number of rotatable bonds is 10. The van der Waals surface area contributed by atoms with Crippen molar-refractivity contribution in [2.45, 2.75) is 44.8 Å². The normalized spacial score (nSPS) is 11.7. The molecule has 0 spiro atoms. The Bertz CT molecular complexity index is 1190. The molecule has 0 heterocycles. The van der Waals surface area contributed by atoms with Gasteiger partial charge in [-0.3, -0.25) is 0 Å². The quantitative estimate of drug-likeness (QED) is 0.235. The number of anilines is 1. The lowest BCUT2D eigenvalue weighted by Crippen LogP contribution is -2.24. The van der Waals surface area contributed by atoms with Crippen LogP contribution < -0.4 is 10.6 Å². The summed E-state index contributed by atoms with van der Waals surface area (Å²) in [6.07, 6.45) is 2.69. The Hall–Kier alpha value is -3.09. The zero-order chi connectivity index (χ0) is 23.8. The van der Waals surface area contributed by atoms with E-state index in [-0.39, 0.29) is 5.16 Å². The number of para-hydroxylation sites is 2. The van der Waals surface area contributed by atoms with Gasteiger partial charge >= 0.3 is 0 Å². The van der Waals surface area contributed by atoms with E-state index < -0.39 is 0 Å². The highest BCUT2D eigenvalue weighted by Gasteiger charge is 2.32. The second-order valence-corrected chi connectivity index (χ2v) is 10.5. The van der Waals surface area contributed by atoms with Gasteiger partial charge in [-0.2, -0.15) is 0 Å². The minimum Gasteiger partial charge on any atom is -0.507 e. The van der Waals surface area contributed by atoms with E-state index >= 15 is 0 Å². The molecular formula is C31H34NOP. The summed E-state index contributed by atoms with van der Waals surface area (Å²) in [5.41, 5.74) is 5.74. The van der Waals surface area contributed by atoms with Gasteiger partial charge in [-0.25, -0.2) is 0 Å². The molecule has 0 aliphatic rings. The summed E-state index contributed by atoms with van der Waals surface area (Å²) >= 11 is 0. The van der Waals surface area contributed by atoms with E-state index in [2.05, 4.69) is 110 Å². The van der Waals surface area contributed by atoms with Gasteiger partial charge in [0, 0.05) is 29.4 Å². The molecule has 4 rings (SSSR count). The van der Waals surface area contributed by atoms with Gasteiger partial charge in [-0.05, 0) is 47.0 Å². The molecule has 4 aromatic carbocycles. The Labute approximate surface area is 205 Å². The molecule has 0 radical (unpaired) electrons. The molecule has 0 fully saturated rings. The Morgan fingerprint density at radius 3 is 2.03 bits per heavy atom. The van der Waals surface area contributed by atoms with E-state index in [9.17, 15) is 5.11 Å². The van der Waals surface area contributed by atoms with Crippen LogP contribution in [0.15, 0.2) is 103 Å². The molecule has 1 unspecified atom stereocenters. The first-order valence-electron chi connectivity index (χ1n) is 12.2. The lowest BCUT2D eigenvalue weighted by molar-refractivity contribution is 0.443. The van der Waals surface area contributed by atoms with Gasteiger partial charge in [0.1, 0.15) is 5.75 Å². The van der Waals surface area contributed by atoms with Crippen LogP contribution in [0.25, 0.3) is 0 Å². The van der Waals surface area contributed by atoms with Crippen LogP contribution in [0.2, 0.25) is 0 Å². The van der Waals surface area contributed by atoms with Crippen molar-refractivity contribution in [1.29, 1.82) is 0 Å². The lowest BCUT2D eigenvalue weighted by atomic mass is 9.89. The molecule has 174 valence electrons. The first-order chi connectivity index (χ1) is 16.6. The molecule has 3 heteroatoms. The Morgan fingerprint density at radius 2 is 1.32 bits per heavy atom. The smallest absolute Gasteiger partial charge is 0.123 e. The predicted octanol–water partition coefficient (Wildman–Crippen LogP) is 7.61. The molecule has 0 amide bonds. The third kappa shape index (κ3) is 5.51. The van der Waals surface area contributed by atoms with Crippen molar-refractivity contribution in [3.8, 4) is 5.75 Å². The number of phenolic OH excluding ortho intramolecular Hbond substituents is 1. The topological polar surface area (TPSA) is 32.3 Å². The Kier molecular flexibility index (Phi) is 8.03. The number of benzene rings is 4. The monoisotopic (exact) mass is 467 g/mol. The SMILES string of the molecule is CCC(CC)(Pc1ccccc1CNc1ccccc1)c1cccc(Cc2ccccc2)c1O. The maximum atomic E-state index is 11.4. The fourth-order valence-electron chi connectivity index (χ4n) is 4.62. The van der Waals surface area contributed by atoms with Crippen molar-refractivity contribution < 1.29 is 5.11 Å². The molecular weight excluding hydrogens is 433 g/mol. The van der Waals surface area contributed by atoms with Crippen LogP contribution in [0.4, 0.5) is 5.69 Å². The highest BCUT2D eigenvalue weighted by atomic mass is 31.1. The number of hydrogen-bond acceptors (Lipinski definition) is 2. The molecule has 0 aromatic heterocycles. The summed E-state index contributed by atoms with van der Waals surface area (Å²) in [6, 6.07) is 35.8. The van der Waals surface area contributed by atoms with Crippen molar-refractivity contribution in [2.24, 2.45) is 0 Å². The van der Waals surface area contributed by atoms with Crippen LogP contribution in [0.1, 0.15) is 48.9 Å². The van der Waals surface area contributed by atoms with Crippen LogP contribution >= 0.6 is 8.58 Å². The van der Waals surface area contributed by atoms with Crippen molar-refractivity contribution >= 4 is 19.6 Å². The second-order valence-electron chi connectivity index (χ2n) is 8.77. The van der Waals surface area contributed by atoms with Crippen LogP contribution in [0.3, 0.4) is 0 Å². The molecule has 2 nitrogen and oxygen atoms in total. The summed E-state index contributed by atoms with van der Waals surface area (Å²) in [5.74, 6) is 0.461. The third-order valence-electron chi connectivity index (χ3n) is 6.73. The van der Waals surface area contributed by atoms with Crippen LogP contribution in [-0.4, -0.2) is 5.11 Å². The Balaban J connectivity index is 1.63. The van der Waals surface area contributed by atoms with Crippen molar-refractivity contribution in [2.75, 3.05) is 5.32 Å². The van der Waals surface area contributed by atoms with Crippen molar-refractivity contribution in [3.63, 3.8) is 0 Å². The van der Waals surface area contributed by atoms with E-state index in [0.29, 0.717) is 14.3 Å². The molecule has 1 atom stereocenters. The van der Waals surface area contributed by atoms with E-state index in [0.717, 1.165) is 42.6 Å². The van der Waals surface area contributed by atoms with Gasteiger partial charge < -0.3 is 10.4 Å². The summed E-state index contributed by atoms with van der Waals surface area (Å²) in [5, 5.41) is 16.3. The van der Waals surface area contributed by atoms with Gasteiger partial charge in [0.2, 0.25) is 0 Å². The molecule has 0 saturated carbocycles. The molecule has 2 N–H and O–H groups in total. The van der Waals surface area contributed by atoms with E-state index in [4.69, 9.17) is 0 Å². The molecule has 0 aliphatic heterocycles. The molecule has 34 heavy (non-hydrogen) atoms. The highest BCUT2D eigenvalue weighted by Crippen LogP contribution is 2.50. The molecule has 0 saturated heterocycles. The maximum Gasteiger partial charge on any atom is 0.123 e. The van der Waals surface area contributed by atoms with Gasteiger partial charge in [-0.15, -0.1) is 0 Å². The Morgan fingerprint density at radius 1 is 0.706 bits per heavy atom. The first kappa shape index (κ1) is 24.0. The zero-order valence-electron chi connectivity index (χ0n) is 20.1.